The summed E-state index contributed by atoms with van der Waals surface area (Å²) in [7, 11) is 0. The fourth-order valence-corrected chi connectivity index (χ4v) is 5.01. The van der Waals surface area contributed by atoms with Crippen LogP contribution >= 0.6 is 11.8 Å². The third-order valence-corrected chi connectivity index (χ3v) is 7.01. The Kier molecular flexibility index (Phi) is 6.19. The normalized spacial score (nSPS) is 16.8. The molecule has 3 amide bonds. The Labute approximate surface area is 201 Å². The smallest absolute Gasteiger partial charge is 0.262 e. The van der Waals surface area contributed by atoms with Crippen LogP contribution in [0, 0.1) is 0 Å². The Bertz CT molecular complexity index is 1220. The molecule has 1 atom stereocenters. The van der Waals surface area contributed by atoms with Gasteiger partial charge in [-0.1, -0.05) is 24.3 Å². The highest BCUT2D eigenvalue weighted by atomic mass is 32.2. The second-order valence-corrected chi connectivity index (χ2v) is 9.34. The van der Waals surface area contributed by atoms with Crippen LogP contribution in [0.2, 0.25) is 0 Å². The van der Waals surface area contributed by atoms with Crippen molar-refractivity contribution in [1.29, 1.82) is 0 Å². The highest BCUT2D eigenvalue weighted by Crippen LogP contribution is 2.27. The van der Waals surface area contributed by atoms with Crippen molar-refractivity contribution in [3.63, 3.8) is 0 Å². The van der Waals surface area contributed by atoms with E-state index in [1.54, 1.807) is 47.1 Å². The molecule has 0 bridgehead atoms. The second kappa shape index (κ2) is 9.42. The number of piperazine rings is 1. The van der Waals surface area contributed by atoms with Crippen molar-refractivity contribution in [3.8, 4) is 0 Å². The summed E-state index contributed by atoms with van der Waals surface area (Å²) in [6.45, 7) is 2.20. The summed E-state index contributed by atoms with van der Waals surface area (Å²) in [6.07, 6.45) is 4.15. The minimum Gasteiger partial charge on any atom is -0.352 e. The van der Waals surface area contributed by atoms with Gasteiger partial charge < -0.3 is 9.80 Å². The fourth-order valence-electron chi connectivity index (χ4n) is 4.55. The van der Waals surface area contributed by atoms with Gasteiger partial charge in [-0.05, 0) is 42.7 Å². The summed E-state index contributed by atoms with van der Waals surface area (Å²) < 4.78 is 0. The molecule has 3 aromatic rings. The average Bonchev–Trinajstić information content (AvgIpc) is 3.14. The number of nitrogens with zero attached hydrogens (tertiary/aromatic N) is 5. The molecule has 0 saturated carbocycles. The summed E-state index contributed by atoms with van der Waals surface area (Å²) in [5.41, 5.74) is 2.42. The molecule has 8 nitrogen and oxygen atoms in total. The maximum Gasteiger partial charge on any atom is 0.262 e. The first-order valence-electron chi connectivity index (χ1n) is 11.3. The first-order valence-corrected chi connectivity index (χ1v) is 12.7. The number of hydrogen-bond donors (Lipinski definition) is 0. The molecule has 9 heteroatoms. The molecular weight excluding hydrogens is 450 g/mol. The Morgan fingerprint density at radius 1 is 0.941 bits per heavy atom. The number of carbonyl (C=O) groups is 3. The Morgan fingerprint density at radius 2 is 1.56 bits per heavy atom. The zero-order valence-corrected chi connectivity index (χ0v) is 19.7. The Morgan fingerprint density at radius 3 is 2.21 bits per heavy atom. The van der Waals surface area contributed by atoms with Crippen molar-refractivity contribution >= 4 is 46.3 Å². The van der Waals surface area contributed by atoms with E-state index in [2.05, 4.69) is 9.88 Å². The molecule has 2 aliphatic rings. The average molecular weight is 476 g/mol. The highest BCUT2D eigenvalue weighted by molar-refractivity contribution is 7.98. The quantitative estimate of drug-likeness (QED) is 0.507. The molecule has 1 fully saturated rings. The molecule has 0 radical (unpaired) electrons. The van der Waals surface area contributed by atoms with Crippen LogP contribution in [0.5, 0.6) is 0 Å². The molecule has 0 aliphatic carbocycles. The molecule has 2 aliphatic heterocycles. The van der Waals surface area contributed by atoms with E-state index in [0.29, 0.717) is 49.5 Å². The Hall–Kier alpha value is -3.46. The molecule has 1 aromatic heterocycles. The molecule has 34 heavy (non-hydrogen) atoms. The first-order chi connectivity index (χ1) is 16.6. The Balaban J connectivity index is 1.31. The zero-order chi connectivity index (χ0) is 23.7. The minimum absolute atomic E-state index is 0.173. The summed E-state index contributed by atoms with van der Waals surface area (Å²) in [6, 6.07) is 13.7. The number of fused-ring (bicyclic) bond motifs is 2. The summed E-state index contributed by atoms with van der Waals surface area (Å²) >= 11 is 1.59. The number of aromatic nitrogens is 2. The van der Waals surface area contributed by atoms with Crippen LogP contribution < -0.4 is 4.90 Å². The van der Waals surface area contributed by atoms with Gasteiger partial charge in [-0.15, -0.1) is 0 Å². The maximum atomic E-state index is 13.6. The predicted octanol–water partition coefficient (Wildman–Crippen LogP) is 2.70. The number of benzene rings is 2. The number of imide groups is 1. The van der Waals surface area contributed by atoms with Gasteiger partial charge in [0.05, 0.1) is 28.4 Å². The lowest BCUT2D eigenvalue weighted by Crippen LogP contribution is -2.56. The summed E-state index contributed by atoms with van der Waals surface area (Å²) in [5.74, 6) is 0.518. The van der Waals surface area contributed by atoms with Gasteiger partial charge in [0.1, 0.15) is 11.9 Å². The van der Waals surface area contributed by atoms with Gasteiger partial charge in [0.2, 0.25) is 5.91 Å². The molecule has 1 unspecified atom stereocenters. The molecule has 2 aromatic carbocycles. The van der Waals surface area contributed by atoms with Crippen molar-refractivity contribution in [2.24, 2.45) is 0 Å². The van der Waals surface area contributed by atoms with Crippen molar-refractivity contribution in [3.05, 3.63) is 65.9 Å². The van der Waals surface area contributed by atoms with Gasteiger partial charge in [-0.3, -0.25) is 24.3 Å². The largest absolute Gasteiger partial charge is 0.352 e. The maximum absolute atomic E-state index is 13.6. The van der Waals surface area contributed by atoms with E-state index in [-0.39, 0.29) is 17.7 Å². The number of anilines is 1. The third-order valence-electron chi connectivity index (χ3n) is 6.37. The lowest BCUT2D eigenvalue weighted by Gasteiger charge is -2.38. The van der Waals surface area contributed by atoms with Gasteiger partial charge in [0, 0.05) is 26.2 Å². The van der Waals surface area contributed by atoms with Gasteiger partial charge in [0.25, 0.3) is 11.8 Å². The van der Waals surface area contributed by atoms with Gasteiger partial charge in [-0.25, -0.2) is 4.98 Å². The number of carbonyl (C=O) groups excluding carboxylic acids is 3. The van der Waals surface area contributed by atoms with E-state index in [9.17, 15) is 14.4 Å². The SMILES string of the molecule is CSCCC(C(=O)N1CCN(c2cnc3ccccc3n2)CC1)N1C(=O)c2ccccc2C1=O. The van der Waals surface area contributed by atoms with E-state index in [1.807, 2.05) is 30.5 Å². The van der Waals surface area contributed by atoms with Crippen molar-refractivity contribution in [2.45, 2.75) is 12.5 Å². The lowest BCUT2D eigenvalue weighted by molar-refractivity contribution is -0.135. The van der Waals surface area contributed by atoms with Crippen LogP contribution in [0.3, 0.4) is 0 Å². The van der Waals surface area contributed by atoms with Gasteiger partial charge in [0.15, 0.2) is 0 Å². The molecule has 5 rings (SSSR count). The van der Waals surface area contributed by atoms with Crippen LogP contribution in [-0.4, -0.2) is 81.7 Å². The molecule has 1 saturated heterocycles. The molecule has 0 spiro atoms. The van der Waals surface area contributed by atoms with Crippen molar-refractivity contribution < 1.29 is 14.4 Å². The van der Waals surface area contributed by atoms with Crippen LogP contribution in [0.4, 0.5) is 5.82 Å². The summed E-state index contributed by atoms with van der Waals surface area (Å²) in [5, 5.41) is 0. The monoisotopic (exact) mass is 475 g/mol. The van der Waals surface area contributed by atoms with Gasteiger partial charge in [-0.2, -0.15) is 11.8 Å². The standard InChI is InChI=1S/C25H25N5O3S/c1-34-15-10-21(30-23(31)17-6-2-3-7-18(17)24(30)32)25(33)29-13-11-28(12-14-29)22-16-26-19-8-4-5-9-20(19)27-22/h2-9,16,21H,10-15H2,1H3. The minimum atomic E-state index is -0.799. The molecule has 3 heterocycles. The molecule has 174 valence electrons. The van der Waals surface area contributed by atoms with Crippen LogP contribution in [0.15, 0.2) is 54.7 Å². The number of hydrogen-bond acceptors (Lipinski definition) is 7. The van der Waals surface area contributed by atoms with E-state index < -0.39 is 6.04 Å². The summed E-state index contributed by atoms with van der Waals surface area (Å²) in [4.78, 5) is 53.9. The topological polar surface area (TPSA) is 86.7 Å². The number of thioether (sulfide) groups is 1. The second-order valence-electron chi connectivity index (χ2n) is 8.35. The van der Waals surface area contributed by atoms with E-state index in [1.165, 1.54) is 4.90 Å². The van der Waals surface area contributed by atoms with Crippen LogP contribution in [0.1, 0.15) is 27.1 Å². The molecule has 0 N–H and O–H groups in total. The van der Waals surface area contributed by atoms with E-state index in [4.69, 9.17) is 4.98 Å². The van der Waals surface area contributed by atoms with Crippen molar-refractivity contribution in [2.75, 3.05) is 43.1 Å². The fraction of sp³-hybridized carbons (Fsp3) is 0.320. The van der Waals surface area contributed by atoms with Crippen molar-refractivity contribution in [1.82, 2.24) is 19.8 Å². The van der Waals surface area contributed by atoms with Crippen LogP contribution in [-0.2, 0) is 4.79 Å². The highest BCUT2D eigenvalue weighted by Gasteiger charge is 2.43. The third kappa shape index (κ3) is 4.00. The van der Waals surface area contributed by atoms with Gasteiger partial charge >= 0.3 is 0 Å². The zero-order valence-electron chi connectivity index (χ0n) is 18.9. The number of para-hydroxylation sites is 2. The van der Waals surface area contributed by atoms with Crippen LogP contribution in [0.25, 0.3) is 11.0 Å². The predicted molar refractivity (Wildman–Crippen MR) is 132 cm³/mol. The number of amides is 3. The van der Waals surface area contributed by atoms with E-state index >= 15 is 0 Å². The lowest BCUT2D eigenvalue weighted by atomic mass is 10.1. The van der Waals surface area contributed by atoms with E-state index in [0.717, 1.165) is 16.9 Å². The number of rotatable bonds is 6. The first kappa shape index (κ1) is 22.3. The molecular formula is C25H25N5O3S.